The number of amides is 2. The van der Waals surface area contributed by atoms with E-state index in [0.717, 1.165) is 19.3 Å². The molecule has 1 rings (SSSR count). The average Bonchev–Trinajstić information content (AvgIpc) is 2.40. The zero-order chi connectivity index (χ0) is 15.7. The van der Waals surface area contributed by atoms with Crippen LogP contribution in [0.1, 0.15) is 32.1 Å². The molecule has 0 spiro atoms. The number of nitrogens with one attached hydrogen (secondary N) is 2. The number of carboxylic acid groups (broad SMARTS) is 1. The third-order valence-corrected chi connectivity index (χ3v) is 3.28. The minimum Gasteiger partial charge on any atom is -0.481 e. The third-order valence-electron chi connectivity index (χ3n) is 2.78. The minimum absolute atomic E-state index is 0.122. The second kappa shape index (κ2) is 9.33. The molecule has 0 heterocycles. The van der Waals surface area contributed by atoms with Gasteiger partial charge in [0.25, 0.3) is 0 Å². The first-order valence-corrected chi connectivity index (χ1v) is 7.50. The summed E-state index contributed by atoms with van der Waals surface area (Å²) in [6, 6.07) is 3.94. The van der Waals surface area contributed by atoms with Gasteiger partial charge in [0.15, 0.2) is 0 Å². The molecule has 7 heteroatoms. The topological polar surface area (TPSA) is 78.4 Å². The summed E-state index contributed by atoms with van der Waals surface area (Å²) >= 11 is 3.14. The van der Waals surface area contributed by atoms with Gasteiger partial charge in [0, 0.05) is 17.4 Å². The Balaban J connectivity index is 2.15. The average molecular weight is 361 g/mol. The molecule has 0 radical (unpaired) electrons. The van der Waals surface area contributed by atoms with E-state index in [1.165, 1.54) is 12.1 Å². The lowest BCUT2D eigenvalue weighted by Crippen LogP contribution is -2.29. The molecule has 3 N–H and O–H groups in total. The highest BCUT2D eigenvalue weighted by molar-refractivity contribution is 9.10. The maximum atomic E-state index is 13.5. The molecule has 0 aliphatic rings. The molecule has 1 aromatic rings. The molecule has 0 aliphatic heterocycles. The normalized spacial score (nSPS) is 10.2. The Morgan fingerprint density at radius 2 is 1.90 bits per heavy atom. The Hall–Kier alpha value is -1.63. The Morgan fingerprint density at radius 3 is 2.57 bits per heavy atom. The molecule has 116 valence electrons. The molecular formula is C14H18BrFN2O3. The number of carbonyl (C=O) groups excluding carboxylic acids is 1. The number of rotatable bonds is 8. The third kappa shape index (κ3) is 7.65. The van der Waals surface area contributed by atoms with E-state index in [-0.39, 0.29) is 12.1 Å². The standard InChI is InChI=1S/C14H18BrFN2O3/c15-10-6-7-12(11(16)9-10)18-14(21)17-8-4-2-1-3-5-13(19)20/h6-7,9H,1-5,8H2,(H,19,20)(H2,17,18,21). The molecule has 0 aliphatic carbocycles. The van der Waals surface area contributed by atoms with Crippen molar-refractivity contribution in [2.24, 2.45) is 0 Å². The van der Waals surface area contributed by atoms with Gasteiger partial charge in [-0.05, 0) is 31.0 Å². The van der Waals surface area contributed by atoms with Crippen molar-refractivity contribution >= 4 is 33.6 Å². The van der Waals surface area contributed by atoms with E-state index in [9.17, 15) is 14.0 Å². The van der Waals surface area contributed by atoms with E-state index >= 15 is 0 Å². The van der Waals surface area contributed by atoms with Gasteiger partial charge < -0.3 is 15.7 Å². The quantitative estimate of drug-likeness (QED) is 0.617. The highest BCUT2D eigenvalue weighted by Crippen LogP contribution is 2.19. The van der Waals surface area contributed by atoms with E-state index in [0.29, 0.717) is 17.4 Å². The predicted molar refractivity (Wildman–Crippen MR) is 81.8 cm³/mol. The monoisotopic (exact) mass is 360 g/mol. The fourth-order valence-electron chi connectivity index (χ4n) is 1.71. The highest BCUT2D eigenvalue weighted by Gasteiger charge is 2.06. The summed E-state index contributed by atoms with van der Waals surface area (Å²) in [5, 5.41) is 13.5. The van der Waals surface area contributed by atoms with Crippen molar-refractivity contribution in [3.63, 3.8) is 0 Å². The largest absolute Gasteiger partial charge is 0.481 e. The summed E-state index contributed by atoms with van der Waals surface area (Å²) in [6.45, 7) is 0.469. The second-order valence-electron chi connectivity index (χ2n) is 4.56. The molecule has 21 heavy (non-hydrogen) atoms. The summed E-state index contributed by atoms with van der Waals surface area (Å²) in [5.74, 6) is -1.29. The number of unbranched alkanes of at least 4 members (excludes halogenated alkanes) is 3. The van der Waals surface area contributed by atoms with Crippen molar-refractivity contribution in [1.82, 2.24) is 5.32 Å². The Kier molecular flexibility index (Phi) is 7.74. The molecular weight excluding hydrogens is 343 g/mol. The van der Waals surface area contributed by atoms with Crippen molar-refractivity contribution < 1.29 is 19.1 Å². The number of hydrogen-bond donors (Lipinski definition) is 3. The molecule has 1 aromatic carbocycles. The number of halogens is 2. The summed E-state index contributed by atoms with van der Waals surface area (Å²) in [4.78, 5) is 21.9. The fraction of sp³-hybridized carbons (Fsp3) is 0.429. The molecule has 0 bridgehead atoms. The highest BCUT2D eigenvalue weighted by atomic mass is 79.9. The van der Waals surface area contributed by atoms with Crippen LogP contribution < -0.4 is 10.6 Å². The Bertz CT molecular complexity index is 497. The summed E-state index contributed by atoms with van der Waals surface area (Å²) in [7, 11) is 0. The van der Waals surface area contributed by atoms with Crippen LogP contribution in [0.5, 0.6) is 0 Å². The van der Waals surface area contributed by atoms with Gasteiger partial charge >= 0.3 is 12.0 Å². The van der Waals surface area contributed by atoms with Gasteiger partial charge in [-0.1, -0.05) is 28.8 Å². The van der Waals surface area contributed by atoms with Crippen LogP contribution in [-0.4, -0.2) is 23.7 Å². The van der Waals surface area contributed by atoms with Gasteiger partial charge in [-0.15, -0.1) is 0 Å². The number of urea groups is 1. The zero-order valence-corrected chi connectivity index (χ0v) is 13.1. The first kappa shape index (κ1) is 17.4. The smallest absolute Gasteiger partial charge is 0.319 e. The molecule has 0 atom stereocenters. The first-order valence-electron chi connectivity index (χ1n) is 6.70. The summed E-state index contributed by atoms with van der Waals surface area (Å²) in [6.07, 6.45) is 3.25. The van der Waals surface area contributed by atoms with Gasteiger partial charge in [0.1, 0.15) is 5.82 Å². The number of carboxylic acids is 1. The van der Waals surface area contributed by atoms with Gasteiger partial charge in [-0.2, -0.15) is 0 Å². The van der Waals surface area contributed by atoms with Crippen molar-refractivity contribution in [2.45, 2.75) is 32.1 Å². The van der Waals surface area contributed by atoms with Gasteiger partial charge in [0.2, 0.25) is 0 Å². The van der Waals surface area contributed by atoms with Gasteiger partial charge in [-0.3, -0.25) is 4.79 Å². The lowest BCUT2D eigenvalue weighted by Gasteiger charge is -2.08. The molecule has 0 unspecified atom stereocenters. The zero-order valence-electron chi connectivity index (χ0n) is 11.5. The van der Waals surface area contributed by atoms with Crippen LogP contribution >= 0.6 is 15.9 Å². The SMILES string of the molecule is O=C(O)CCCCCCNC(=O)Nc1ccc(Br)cc1F. The molecule has 2 amide bonds. The van der Waals surface area contributed by atoms with Gasteiger partial charge in [-0.25, -0.2) is 9.18 Å². The van der Waals surface area contributed by atoms with E-state index in [4.69, 9.17) is 5.11 Å². The van der Waals surface area contributed by atoms with Crippen LogP contribution in [0.25, 0.3) is 0 Å². The van der Waals surface area contributed by atoms with E-state index in [1.54, 1.807) is 6.07 Å². The van der Waals surface area contributed by atoms with Crippen LogP contribution in [0.3, 0.4) is 0 Å². The van der Waals surface area contributed by atoms with Crippen LogP contribution in [0.2, 0.25) is 0 Å². The van der Waals surface area contributed by atoms with Crippen LogP contribution in [0.4, 0.5) is 14.9 Å². The Labute approximate surface area is 131 Å². The summed E-state index contributed by atoms with van der Waals surface area (Å²) in [5.41, 5.74) is 0.122. The molecule has 0 fully saturated rings. The maximum absolute atomic E-state index is 13.5. The van der Waals surface area contributed by atoms with Crippen molar-refractivity contribution in [3.8, 4) is 0 Å². The lowest BCUT2D eigenvalue weighted by atomic mass is 10.1. The number of aliphatic carboxylic acids is 1. The maximum Gasteiger partial charge on any atom is 0.319 e. The fourth-order valence-corrected chi connectivity index (χ4v) is 2.05. The van der Waals surface area contributed by atoms with E-state index < -0.39 is 17.8 Å². The number of anilines is 1. The minimum atomic E-state index is -0.788. The second-order valence-corrected chi connectivity index (χ2v) is 5.48. The van der Waals surface area contributed by atoms with E-state index in [2.05, 4.69) is 26.6 Å². The van der Waals surface area contributed by atoms with Gasteiger partial charge in [0.05, 0.1) is 5.69 Å². The van der Waals surface area contributed by atoms with Crippen molar-refractivity contribution in [1.29, 1.82) is 0 Å². The molecule has 0 aromatic heterocycles. The summed E-state index contributed by atoms with van der Waals surface area (Å²) < 4.78 is 14.1. The number of benzene rings is 1. The lowest BCUT2D eigenvalue weighted by molar-refractivity contribution is -0.137. The van der Waals surface area contributed by atoms with Crippen LogP contribution in [0.15, 0.2) is 22.7 Å². The molecule has 0 saturated heterocycles. The molecule has 0 saturated carbocycles. The predicted octanol–water partition coefficient (Wildman–Crippen LogP) is 3.74. The number of hydrogen-bond acceptors (Lipinski definition) is 2. The molecule has 5 nitrogen and oxygen atoms in total. The van der Waals surface area contributed by atoms with E-state index in [1.807, 2.05) is 0 Å². The van der Waals surface area contributed by atoms with Crippen molar-refractivity contribution in [2.75, 3.05) is 11.9 Å². The van der Waals surface area contributed by atoms with Crippen molar-refractivity contribution in [3.05, 3.63) is 28.5 Å². The van der Waals surface area contributed by atoms with Crippen LogP contribution in [-0.2, 0) is 4.79 Å². The van der Waals surface area contributed by atoms with Crippen LogP contribution in [0, 0.1) is 5.82 Å². The Morgan fingerprint density at radius 1 is 1.19 bits per heavy atom. The number of carbonyl (C=O) groups is 2. The first-order chi connectivity index (χ1) is 9.99.